The van der Waals surface area contributed by atoms with Gasteiger partial charge in [0, 0.05) is 0 Å². The molecular weight excluding hydrogens is 410 g/mol. The highest BCUT2D eigenvalue weighted by atomic mass is 32.2. The van der Waals surface area contributed by atoms with E-state index in [0.29, 0.717) is 16.8 Å². The third-order valence-electron chi connectivity index (χ3n) is 4.84. The van der Waals surface area contributed by atoms with Gasteiger partial charge in [0.25, 0.3) is 0 Å². The molecule has 0 saturated carbocycles. The first kappa shape index (κ1) is 22.8. The van der Waals surface area contributed by atoms with Gasteiger partial charge in [-0.1, -0.05) is 55.9 Å². The molecule has 7 nitrogen and oxygen atoms in total. The van der Waals surface area contributed by atoms with Crippen LogP contribution in [0.2, 0.25) is 0 Å². The molecule has 1 atom stereocenters. The van der Waals surface area contributed by atoms with Crippen molar-refractivity contribution < 1.29 is 9.53 Å². The van der Waals surface area contributed by atoms with Crippen molar-refractivity contribution in [2.45, 2.75) is 45.3 Å². The van der Waals surface area contributed by atoms with Gasteiger partial charge in [-0.25, -0.2) is 0 Å². The number of nitrogens with zero attached hydrogens (tertiary/aromatic N) is 4. The van der Waals surface area contributed by atoms with E-state index in [0.717, 1.165) is 23.2 Å². The number of benzene rings is 2. The van der Waals surface area contributed by atoms with Crippen molar-refractivity contribution in [1.29, 1.82) is 0 Å². The summed E-state index contributed by atoms with van der Waals surface area (Å²) < 4.78 is 7.03. The molecule has 0 saturated heterocycles. The average molecular weight is 440 g/mol. The van der Waals surface area contributed by atoms with Gasteiger partial charge in [0.1, 0.15) is 11.4 Å². The molecule has 0 aliphatic rings. The van der Waals surface area contributed by atoms with Crippen LogP contribution < -0.4 is 10.1 Å². The number of tetrazole rings is 1. The molecule has 1 aromatic heterocycles. The number of aromatic nitrogens is 4. The van der Waals surface area contributed by atoms with Gasteiger partial charge in [0.15, 0.2) is 0 Å². The molecule has 0 fully saturated rings. The van der Waals surface area contributed by atoms with Crippen molar-refractivity contribution in [3.05, 3.63) is 59.2 Å². The van der Waals surface area contributed by atoms with Gasteiger partial charge in [0.2, 0.25) is 11.1 Å². The highest BCUT2D eigenvalue weighted by Gasteiger charge is 2.16. The number of hydrogen-bond donors (Lipinski definition) is 1. The second-order valence-electron chi connectivity index (χ2n) is 7.97. The zero-order valence-electron chi connectivity index (χ0n) is 18.6. The summed E-state index contributed by atoms with van der Waals surface area (Å²) in [6.45, 7) is 8.39. The van der Waals surface area contributed by atoms with Crippen molar-refractivity contribution in [3.8, 4) is 11.4 Å². The maximum atomic E-state index is 12.5. The van der Waals surface area contributed by atoms with Gasteiger partial charge in [-0.15, -0.1) is 5.10 Å². The van der Waals surface area contributed by atoms with E-state index in [-0.39, 0.29) is 17.7 Å². The third-order valence-corrected chi connectivity index (χ3v) is 5.76. The average Bonchev–Trinajstić information content (AvgIpc) is 3.20. The van der Waals surface area contributed by atoms with E-state index in [1.165, 1.54) is 17.3 Å². The Hall–Kier alpha value is -2.87. The number of ether oxygens (including phenoxy) is 1. The summed E-state index contributed by atoms with van der Waals surface area (Å²) in [5.41, 5.74) is 4.20. The lowest BCUT2D eigenvalue weighted by molar-refractivity contribution is -0.119. The highest BCUT2D eigenvalue weighted by Crippen LogP contribution is 2.27. The minimum absolute atomic E-state index is 0.0745. The fourth-order valence-corrected chi connectivity index (χ4v) is 3.99. The lowest BCUT2D eigenvalue weighted by atomic mass is 10.00. The standard InChI is InChI=1S/C23H29N5O2S/c1-15(2)12-18-7-9-19(10-8-18)17(4)24-22(29)14-31-23-25-26-27-28(23)20-13-16(3)6-11-21(20)30-5/h6-11,13,15,17H,12,14H2,1-5H3,(H,24,29). The molecule has 0 bridgehead atoms. The summed E-state index contributed by atoms with van der Waals surface area (Å²) in [4.78, 5) is 12.5. The SMILES string of the molecule is COc1ccc(C)cc1-n1nnnc1SCC(=O)NC(C)c1ccc(CC(C)C)cc1. The van der Waals surface area contributed by atoms with Gasteiger partial charge in [-0.2, -0.15) is 4.68 Å². The van der Waals surface area contributed by atoms with Crippen LogP contribution in [-0.2, 0) is 11.2 Å². The van der Waals surface area contributed by atoms with E-state index in [9.17, 15) is 4.79 Å². The van der Waals surface area contributed by atoms with E-state index >= 15 is 0 Å². The zero-order chi connectivity index (χ0) is 22.4. The maximum absolute atomic E-state index is 12.5. The van der Waals surface area contributed by atoms with Crippen LogP contribution in [0.4, 0.5) is 0 Å². The number of carbonyl (C=O) groups is 1. The van der Waals surface area contributed by atoms with Crippen molar-refractivity contribution in [2.24, 2.45) is 5.92 Å². The van der Waals surface area contributed by atoms with Crippen LogP contribution >= 0.6 is 11.8 Å². The second kappa shape index (κ2) is 10.4. The molecule has 3 rings (SSSR count). The summed E-state index contributed by atoms with van der Waals surface area (Å²) in [6, 6.07) is 14.1. The predicted molar refractivity (Wildman–Crippen MR) is 123 cm³/mol. The summed E-state index contributed by atoms with van der Waals surface area (Å²) in [5, 5.41) is 15.5. The van der Waals surface area contributed by atoms with Crippen LogP contribution in [0.5, 0.6) is 5.75 Å². The first-order chi connectivity index (χ1) is 14.9. The molecule has 0 spiro atoms. The van der Waals surface area contributed by atoms with Gasteiger partial charge in [-0.05, 0) is 65.4 Å². The van der Waals surface area contributed by atoms with Crippen LogP contribution in [-0.4, -0.2) is 39.0 Å². The van der Waals surface area contributed by atoms with Gasteiger partial charge in [-0.3, -0.25) is 4.79 Å². The lowest BCUT2D eigenvalue weighted by Crippen LogP contribution is -2.28. The van der Waals surface area contributed by atoms with E-state index in [2.05, 4.69) is 59.0 Å². The summed E-state index contributed by atoms with van der Waals surface area (Å²) in [7, 11) is 1.61. The maximum Gasteiger partial charge on any atom is 0.230 e. The van der Waals surface area contributed by atoms with Crippen LogP contribution in [0.1, 0.15) is 43.5 Å². The number of hydrogen-bond acceptors (Lipinski definition) is 6. The molecule has 31 heavy (non-hydrogen) atoms. The van der Waals surface area contributed by atoms with E-state index in [1.54, 1.807) is 11.8 Å². The topological polar surface area (TPSA) is 81.9 Å². The first-order valence-electron chi connectivity index (χ1n) is 10.3. The molecule has 0 aliphatic carbocycles. The Bertz CT molecular complexity index is 1020. The normalized spacial score (nSPS) is 12.1. The van der Waals surface area contributed by atoms with Gasteiger partial charge >= 0.3 is 0 Å². The molecule has 1 unspecified atom stereocenters. The van der Waals surface area contributed by atoms with Crippen molar-refractivity contribution in [2.75, 3.05) is 12.9 Å². The minimum atomic E-state index is -0.0749. The highest BCUT2D eigenvalue weighted by molar-refractivity contribution is 7.99. The Kier molecular flexibility index (Phi) is 7.68. The Morgan fingerprint density at radius 3 is 2.58 bits per heavy atom. The smallest absolute Gasteiger partial charge is 0.230 e. The quantitative estimate of drug-likeness (QED) is 0.505. The van der Waals surface area contributed by atoms with Gasteiger partial charge < -0.3 is 10.1 Å². The Labute approximate surface area is 187 Å². The Morgan fingerprint density at radius 1 is 1.16 bits per heavy atom. The molecule has 1 N–H and O–H groups in total. The molecule has 0 aliphatic heterocycles. The molecule has 1 amide bonds. The number of nitrogens with one attached hydrogen (secondary N) is 1. The molecular formula is C23H29N5O2S. The van der Waals surface area contributed by atoms with E-state index in [1.807, 2.05) is 32.0 Å². The second-order valence-corrected chi connectivity index (χ2v) is 8.91. The number of methoxy groups -OCH3 is 1. The first-order valence-corrected chi connectivity index (χ1v) is 11.3. The van der Waals surface area contributed by atoms with Crippen molar-refractivity contribution in [1.82, 2.24) is 25.5 Å². The van der Waals surface area contributed by atoms with Crippen molar-refractivity contribution >= 4 is 17.7 Å². The molecule has 3 aromatic rings. The number of rotatable bonds is 9. The molecule has 2 aromatic carbocycles. The summed E-state index contributed by atoms with van der Waals surface area (Å²) in [5.74, 6) is 1.43. The lowest BCUT2D eigenvalue weighted by Gasteiger charge is -2.15. The predicted octanol–water partition coefficient (Wildman–Crippen LogP) is 4.15. The number of aryl methyl sites for hydroxylation is 1. The fourth-order valence-electron chi connectivity index (χ4n) is 3.30. The van der Waals surface area contributed by atoms with Crippen LogP contribution in [0.15, 0.2) is 47.6 Å². The number of carbonyl (C=O) groups excluding carboxylic acids is 1. The van der Waals surface area contributed by atoms with Gasteiger partial charge in [0.05, 0.1) is 18.9 Å². The van der Waals surface area contributed by atoms with E-state index < -0.39 is 0 Å². The van der Waals surface area contributed by atoms with Crippen molar-refractivity contribution in [3.63, 3.8) is 0 Å². The summed E-state index contributed by atoms with van der Waals surface area (Å²) in [6.07, 6.45) is 1.05. The third kappa shape index (κ3) is 6.07. The van der Waals surface area contributed by atoms with Crippen LogP contribution in [0, 0.1) is 12.8 Å². The van der Waals surface area contributed by atoms with E-state index in [4.69, 9.17) is 4.74 Å². The molecule has 0 radical (unpaired) electrons. The number of thioether (sulfide) groups is 1. The summed E-state index contributed by atoms with van der Waals surface area (Å²) >= 11 is 1.29. The molecule has 164 valence electrons. The fraction of sp³-hybridized carbons (Fsp3) is 0.391. The molecule has 1 heterocycles. The number of amides is 1. The minimum Gasteiger partial charge on any atom is -0.494 e. The van der Waals surface area contributed by atoms with Crippen LogP contribution in [0.25, 0.3) is 5.69 Å². The monoisotopic (exact) mass is 439 g/mol. The molecule has 8 heteroatoms. The largest absolute Gasteiger partial charge is 0.494 e. The Morgan fingerprint density at radius 2 is 1.90 bits per heavy atom. The van der Waals surface area contributed by atoms with Crippen LogP contribution in [0.3, 0.4) is 0 Å². The zero-order valence-corrected chi connectivity index (χ0v) is 19.4. The Balaban J connectivity index is 1.61.